The van der Waals surface area contributed by atoms with Gasteiger partial charge in [0.15, 0.2) is 0 Å². The lowest BCUT2D eigenvalue weighted by atomic mass is 10.2. The van der Waals surface area contributed by atoms with E-state index in [1.165, 1.54) is 16.9 Å². The largest absolute Gasteiger partial charge is 0.310 e. The third kappa shape index (κ3) is 4.63. The minimum absolute atomic E-state index is 0.0510. The summed E-state index contributed by atoms with van der Waals surface area (Å²) in [6.45, 7) is 3.95. The number of hydrogen-bond donors (Lipinski definition) is 1. The number of aryl methyl sites for hydroxylation is 2. The molecule has 29 heavy (non-hydrogen) atoms. The van der Waals surface area contributed by atoms with Crippen molar-refractivity contribution in [3.63, 3.8) is 0 Å². The number of carbonyl (C=O) groups excluding carboxylic acids is 1. The third-order valence-corrected chi connectivity index (χ3v) is 6.57. The van der Waals surface area contributed by atoms with E-state index in [2.05, 4.69) is 46.6 Å². The molecule has 0 atom stereocenters. The van der Waals surface area contributed by atoms with Crippen LogP contribution in [-0.2, 0) is 4.79 Å². The number of aromatic nitrogens is 3. The minimum atomic E-state index is -0.0510. The Bertz CT molecular complexity index is 1170. The molecule has 2 heterocycles. The number of para-hydroxylation sites is 1. The highest BCUT2D eigenvalue weighted by Crippen LogP contribution is 2.31. The molecule has 1 amide bonds. The van der Waals surface area contributed by atoms with Crippen LogP contribution in [0.3, 0.4) is 0 Å². The van der Waals surface area contributed by atoms with Gasteiger partial charge in [-0.15, -0.1) is 11.8 Å². The fraction of sp³-hybridized carbons (Fsp3) is 0.190. The van der Waals surface area contributed by atoms with Gasteiger partial charge in [-0.2, -0.15) is 9.78 Å². The summed E-state index contributed by atoms with van der Waals surface area (Å²) in [5.41, 5.74) is 2.78. The van der Waals surface area contributed by atoms with Gasteiger partial charge in [-0.05, 0) is 38.1 Å². The molecule has 0 aliphatic carbocycles. The monoisotopic (exact) mass is 442 g/mol. The highest BCUT2D eigenvalue weighted by atomic mass is 35.5. The molecular weight excluding hydrogens is 424 g/mol. The molecule has 5 nitrogen and oxygen atoms in total. The molecule has 0 saturated carbocycles. The van der Waals surface area contributed by atoms with Crippen LogP contribution in [-0.4, -0.2) is 26.4 Å². The lowest BCUT2D eigenvalue weighted by Gasteiger charge is -2.06. The van der Waals surface area contributed by atoms with E-state index >= 15 is 0 Å². The second-order valence-corrected chi connectivity index (χ2v) is 9.21. The molecule has 0 bridgehead atoms. The van der Waals surface area contributed by atoms with Crippen molar-refractivity contribution in [2.45, 2.75) is 25.2 Å². The number of fused-ring (bicyclic) bond motifs is 1. The van der Waals surface area contributed by atoms with Crippen LogP contribution in [0.5, 0.6) is 0 Å². The van der Waals surface area contributed by atoms with Crippen molar-refractivity contribution < 1.29 is 4.79 Å². The van der Waals surface area contributed by atoms with Crippen LogP contribution in [0.1, 0.15) is 17.7 Å². The second kappa shape index (κ2) is 8.57. The summed E-state index contributed by atoms with van der Waals surface area (Å²) in [7, 11) is 0. The van der Waals surface area contributed by atoms with E-state index in [0.29, 0.717) is 28.1 Å². The summed E-state index contributed by atoms with van der Waals surface area (Å²) in [6, 6.07) is 15.8. The van der Waals surface area contributed by atoms with Gasteiger partial charge in [0.25, 0.3) is 0 Å². The summed E-state index contributed by atoms with van der Waals surface area (Å²) in [5, 5.41) is 8.74. The van der Waals surface area contributed by atoms with E-state index in [-0.39, 0.29) is 5.91 Å². The molecule has 2 aromatic carbocycles. The number of nitrogens with one attached hydrogen (secondary N) is 1. The summed E-state index contributed by atoms with van der Waals surface area (Å²) < 4.78 is 2.65. The molecule has 0 aliphatic heterocycles. The number of nitrogens with zero attached hydrogens (tertiary/aromatic N) is 3. The van der Waals surface area contributed by atoms with Crippen LogP contribution in [0.2, 0.25) is 5.02 Å². The fourth-order valence-corrected chi connectivity index (χ4v) is 4.91. The Hall–Kier alpha value is -2.35. The van der Waals surface area contributed by atoms with Gasteiger partial charge in [0.05, 0.1) is 15.4 Å². The molecule has 0 saturated heterocycles. The molecule has 2 aromatic heterocycles. The Morgan fingerprint density at radius 2 is 2.00 bits per heavy atom. The molecule has 8 heteroatoms. The van der Waals surface area contributed by atoms with E-state index in [1.807, 2.05) is 31.2 Å². The van der Waals surface area contributed by atoms with E-state index in [9.17, 15) is 4.79 Å². The zero-order chi connectivity index (χ0) is 20.4. The zero-order valence-corrected chi connectivity index (χ0v) is 18.4. The van der Waals surface area contributed by atoms with Crippen LogP contribution >= 0.6 is 34.7 Å². The van der Waals surface area contributed by atoms with Crippen molar-refractivity contribution in [1.82, 2.24) is 14.8 Å². The molecule has 1 N–H and O–H groups in total. The molecule has 4 aromatic rings. The van der Waals surface area contributed by atoms with Crippen molar-refractivity contribution in [2.24, 2.45) is 0 Å². The molecule has 0 fully saturated rings. The first-order chi connectivity index (χ1) is 14.0. The average molecular weight is 443 g/mol. The van der Waals surface area contributed by atoms with Crippen LogP contribution in [0.15, 0.2) is 53.4 Å². The van der Waals surface area contributed by atoms with Crippen molar-refractivity contribution in [3.05, 3.63) is 64.8 Å². The van der Waals surface area contributed by atoms with E-state index in [1.54, 1.807) is 16.4 Å². The van der Waals surface area contributed by atoms with Gasteiger partial charge in [0, 0.05) is 23.1 Å². The molecule has 4 rings (SSSR count). The standard InChI is InChI=1S/C21H19ClN4OS2/c1-13-6-8-15(9-7-13)28-11-10-19(27)23-18-12-14(2)25-26(18)21-24-20-16(22)4-3-5-17(20)29-21/h3-9,12H,10-11H2,1-2H3,(H,23,27). The number of benzene rings is 2. The first-order valence-electron chi connectivity index (χ1n) is 9.11. The summed E-state index contributed by atoms with van der Waals surface area (Å²) in [6.07, 6.45) is 0.411. The summed E-state index contributed by atoms with van der Waals surface area (Å²) in [4.78, 5) is 18.2. The van der Waals surface area contributed by atoms with Gasteiger partial charge in [-0.1, -0.05) is 46.7 Å². The summed E-state index contributed by atoms with van der Waals surface area (Å²) >= 11 is 9.40. The Labute approximate surface area is 182 Å². The Morgan fingerprint density at radius 3 is 2.76 bits per heavy atom. The lowest BCUT2D eigenvalue weighted by molar-refractivity contribution is -0.115. The normalized spacial score (nSPS) is 11.1. The van der Waals surface area contributed by atoms with Crippen molar-refractivity contribution in [1.29, 1.82) is 0 Å². The number of thiazole rings is 1. The summed E-state index contributed by atoms with van der Waals surface area (Å²) in [5.74, 6) is 1.27. The third-order valence-electron chi connectivity index (χ3n) is 4.26. The quantitative estimate of drug-likeness (QED) is 0.379. The average Bonchev–Trinajstić information content (AvgIpc) is 3.27. The number of thioether (sulfide) groups is 1. The minimum Gasteiger partial charge on any atom is -0.310 e. The second-order valence-electron chi connectivity index (χ2n) is 6.63. The fourth-order valence-electron chi connectivity index (χ4n) is 2.83. The van der Waals surface area contributed by atoms with E-state index in [0.717, 1.165) is 20.8 Å². The lowest BCUT2D eigenvalue weighted by Crippen LogP contribution is -2.15. The van der Waals surface area contributed by atoms with Crippen LogP contribution in [0, 0.1) is 13.8 Å². The first-order valence-corrected chi connectivity index (χ1v) is 11.3. The van der Waals surface area contributed by atoms with Crippen molar-refractivity contribution in [2.75, 3.05) is 11.1 Å². The van der Waals surface area contributed by atoms with Crippen molar-refractivity contribution >= 4 is 56.6 Å². The maximum Gasteiger partial charge on any atom is 0.226 e. The molecule has 0 radical (unpaired) electrons. The smallest absolute Gasteiger partial charge is 0.226 e. The Morgan fingerprint density at radius 1 is 1.21 bits per heavy atom. The zero-order valence-electron chi connectivity index (χ0n) is 16.0. The highest BCUT2D eigenvalue weighted by Gasteiger charge is 2.15. The molecular formula is C21H19ClN4OS2. The Balaban J connectivity index is 1.45. The Kier molecular flexibility index (Phi) is 5.89. The number of hydrogen-bond acceptors (Lipinski definition) is 5. The maximum absolute atomic E-state index is 12.5. The van der Waals surface area contributed by atoms with Gasteiger partial charge >= 0.3 is 0 Å². The number of amides is 1. The SMILES string of the molecule is Cc1ccc(SCCC(=O)Nc2cc(C)nn2-c2nc3c(Cl)cccc3s2)cc1. The number of rotatable bonds is 6. The molecule has 0 aliphatic rings. The van der Waals surface area contributed by atoms with E-state index in [4.69, 9.17) is 11.6 Å². The molecule has 0 unspecified atom stereocenters. The van der Waals surface area contributed by atoms with Gasteiger partial charge in [-0.25, -0.2) is 4.98 Å². The van der Waals surface area contributed by atoms with Crippen LogP contribution in [0.25, 0.3) is 15.3 Å². The van der Waals surface area contributed by atoms with Gasteiger partial charge in [0.2, 0.25) is 11.0 Å². The van der Waals surface area contributed by atoms with Crippen molar-refractivity contribution in [3.8, 4) is 5.13 Å². The predicted octanol–water partition coefficient (Wildman–Crippen LogP) is 5.87. The topological polar surface area (TPSA) is 59.8 Å². The highest BCUT2D eigenvalue weighted by molar-refractivity contribution is 7.99. The predicted molar refractivity (Wildman–Crippen MR) is 122 cm³/mol. The maximum atomic E-state index is 12.5. The number of halogens is 1. The van der Waals surface area contributed by atoms with Gasteiger partial charge in [-0.3, -0.25) is 4.79 Å². The van der Waals surface area contributed by atoms with Crippen LogP contribution < -0.4 is 5.32 Å². The van der Waals surface area contributed by atoms with E-state index < -0.39 is 0 Å². The number of carbonyl (C=O) groups is 1. The van der Waals surface area contributed by atoms with Crippen LogP contribution in [0.4, 0.5) is 5.82 Å². The molecule has 148 valence electrons. The number of anilines is 1. The molecule has 0 spiro atoms. The van der Waals surface area contributed by atoms with Gasteiger partial charge in [0.1, 0.15) is 11.3 Å². The van der Waals surface area contributed by atoms with Gasteiger partial charge < -0.3 is 5.32 Å². The first kappa shape index (κ1) is 19.9.